The van der Waals surface area contributed by atoms with E-state index < -0.39 is 17.2 Å². The Morgan fingerprint density at radius 3 is 2.13 bits per heavy atom. The smallest absolute Gasteiger partial charge is 0.410 e. The molecule has 0 radical (unpaired) electrons. The van der Waals surface area contributed by atoms with Gasteiger partial charge in [0.05, 0.1) is 0 Å². The number of carbonyl (C=O) groups excluding carboxylic acids is 2. The van der Waals surface area contributed by atoms with Crippen LogP contribution in [0.2, 0.25) is 5.02 Å². The van der Waals surface area contributed by atoms with Crippen LogP contribution in [-0.4, -0.2) is 65.9 Å². The van der Waals surface area contributed by atoms with E-state index in [0.717, 1.165) is 5.56 Å². The lowest BCUT2D eigenvalue weighted by Gasteiger charge is -2.35. The monoisotopic (exact) mass is 440 g/mol. The Bertz CT molecular complexity index is 747. The Morgan fingerprint density at radius 1 is 0.967 bits per heavy atom. The van der Waals surface area contributed by atoms with Crippen LogP contribution in [0.5, 0.6) is 5.75 Å². The molecule has 0 aliphatic carbocycles. The highest BCUT2D eigenvalue weighted by atomic mass is 35.5. The molecule has 1 aliphatic rings. The largest absolute Gasteiger partial charge is 0.482 e. The van der Waals surface area contributed by atoms with Crippen LogP contribution in [0.3, 0.4) is 0 Å². The summed E-state index contributed by atoms with van der Waals surface area (Å²) in [5.41, 5.74) is -0.141. The molecule has 8 heteroatoms. The van der Waals surface area contributed by atoms with Crippen molar-refractivity contribution in [2.45, 2.75) is 59.3 Å². The fourth-order valence-corrected chi connectivity index (χ4v) is 3.12. The zero-order valence-electron chi connectivity index (χ0n) is 18.8. The number of amides is 1. The molecule has 168 valence electrons. The second kappa shape index (κ2) is 9.88. The third-order valence-corrected chi connectivity index (χ3v) is 4.45. The van der Waals surface area contributed by atoms with Gasteiger partial charge in [-0.15, -0.1) is 0 Å². The summed E-state index contributed by atoms with van der Waals surface area (Å²) in [6, 6.07) is 5.40. The molecule has 0 aromatic heterocycles. The van der Waals surface area contributed by atoms with E-state index in [1.165, 1.54) is 0 Å². The summed E-state index contributed by atoms with van der Waals surface area (Å²) in [5.74, 6) is 0.127. The number of esters is 1. The summed E-state index contributed by atoms with van der Waals surface area (Å²) in [6.45, 7) is 14.1. The summed E-state index contributed by atoms with van der Waals surface area (Å²) in [7, 11) is 0. The van der Waals surface area contributed by atoms with Crippen LogP contribution in [0.15, 0.2) is 18.2 Å². The van der Waals surface area contributed by atoms with Gasteiger partial charge < -0.3 is 19.1 Å². The number of nitrogens with zero attached hydrogens (tertiary/aromatic N) is 2. The van der Waals surface area contributed by atoms with Gasteiger partial charge in [-0.2, -0.15) is 0 Å². The maximum atomic E-state index is 12.2. The average Bonchev–Trinajstić information content (AvgIpc) is 2.59. The highest BCUT2D eigenvalue weighted by Gasteiger charge is 2.26. The predicted molar refractivity (Wildman–Crippen MR) is 116 cm³/mol. The van der Waals surface area contributed by atoms with Crippen molar-refractivity contribution in [2.75, 3.05) is 32.8 Å². The summed E-state index contributed by atoms with van der Waals surface area (Å²) in [5, 5.41) is 0.535. The molecule has 0 N–H and O–H groups in total. The van der Waals surface area contributed by atoms with Crippen LogP contribution in [-0.2, 0) is 20.8 Å². The van der Waals surface area contributed by atoms with E-state index in [4.69, 9.17) is 25.8 Å². The normalized spacial score (nSPS) is 15.6. The first-order valence-corrected chi connectivity index (χ1v) is 10.5. The first-order valence-electron chi connectivity index (χ1n) is 10.2. The van der Waals surface area contributed by atoms with Gasteiger partial charge in [0, 0.05) is 43.3 Å². The number of carbonyl (C=O) groups is 2. The number of piperazine rings is 1. The maximum Gasteiger partial charge on any atom is 0.410 e. The number of hydrogen-bond acceptors (Lipinski definition) is 6. The van der Waals surface area contributed by atoms with Gasteiger partial charge in [-0.05, 0) is 53.7 Å². The first kappa shape index (κ1) is 24.3. The molecular weight excluding hydrogens is 408 g/mol. The van der Waals surface area contributed by atoms with Crippen LogP contribution in [0, 0.1) is 0 Å². The van der Waals surface area contributed by atoms with Gasteiger partial charge in [0.2, 0.25) is 0 Å². The van der Waals surface area contributed by atoms with E-state index in [1.807, 2.05) is 47.6 Å². The summed E-state index contributed by atoms with van der Waals surface area (Å²) in [4.78, 5) is 28.2. The zero-order valence-corrected chi connectivity index (χ0v) is 19.5. The van der Waals surface area contributed by atoms with Gasteiger partial charge in [-0.1, -0.05) is 17.7 Å². The molecule has 1 saturated heterocycles. The van der Waals surface area contributed by atoms with E-state index in [1.54, 1.807) is 17.0 Å². The van der Waals surface area contributed by atoms with E-state index in [0.29, 0.717) is 43.5 Å². The molecule has 1 heterocycles. The predicted octanol–water partition coefficient (Wildman–Crippen LogP) is 4.11. The minimum atomic E-state index is -0.564. The Morgan fingerprint density at radius 2 is 1.57 bits per heavy atom. The molecule has 7 nitrogen and oxygen atoms in total. The van der Waals surface area contributed by atoms with Crippen molar-refractivity contribution < 1.29 is 23.8 Å². The highest BCUT2D eigenvalue weighted by molar-refractivity contribution is 6.30. The Balaban J connectivity index is 1.93. The molecule has 0 atom stereocenters. The standard InChI is InChI=1S/C22H33ClN2O5/c1-21(2,3)29-19(26)15-28-18-13-17(23)8-7-16(18)14-24-9-11-25(12-10-24)20(27)30-22(4,5)6/h7-8,13H,9-12,14-15H2,1-6H3. The summed E-state index contributed by atoms with van der Waals surface area (Å²) in [6.07, 6.45) is -0.282. The summed E-state index contributed by atoms with van der Waals surface area (Å²) >= 11 is 6.12. The SMILES string of the molecule is CC(C)(C)OC(=O)COc1cc(Cl)ccc1CN1CCN(C(=O)OC(C)(C)C)CC1. The lowest BCUT2D eigenvalue weighted by atomic mass is 10.1. The maximum absolute atomic E-state index is 12.2. The third kappa shape index (κ3) is 8.40. The molecule has 0 unspecified atom stereocenters. The Labute approximate surface area is 184 Å². The van der Waals surface area contributed by atoms with Crippen molar-refractivity contribution in [1.82, 2.24) is 9.80 Å². The number of halogens is 1. The van der Waals surface area contributed by atoms with Gasteiger partial charge >= 0.3 is 12.1 Å². The summed E-state index contributed by atoms with van der Waals surface area (Å²) < 4.78 is 16.4. The van der Waals surface area contributed by atoms with Crippen LogP contribution in [0.1, 0.15) is 47.1 Å². The van der Waals surface area contributed by atoms with Crippen LogP contribution < -0.4 is 4.74 Å². The number of rotatable bonds is 5. The molecule has 1 fully saturated rings. The third-order valence-electron chi connectivity index (χ3n) is 4.21. The highest BCUT2D eigenvalue weighted by Crippen LogP contribution is 2.25. The number of benzene rings is 1. The van der Waals surface area contributed by atoms with Gasteiger partial charge in [-0.3, -0.25) is 4.90 Å². The fraction of sp³-hybridized carbons (Fsp3) is 0.636. The quantitative estimate of drug-likeness (QED) is 0.642. The van der Waals surface area contributed by atoms with Gasteiger partial charge in [0.1, 0.15) is 17.0 Å². The Kier molecular flexibility index (Phi) is 7.99. The van der Waals surface area contributed by atoms with Gasteiger partial charge in [-0.25, -0.2) is 9.59 Å². The van der Waals surface area contributed by atoms with Gasteiger partial charge in [0.15, 0.2) is 6.61 Å². The second-order valence-corrected chi connectivity index (χ2v) is 9.81. The average molecular weight is 441 g/mol. The molecular formula is C22H33ClN2O5. The van der Waals surface area contributed by atoms with Crippen molar-refractivity contribution in [3.63, 3.8) is 0 Å². The molecule has 1 amide bonds. The van der Waals surface area contributed by atoms with Crippen LogP contribution in [0.25, 0.3) is 0 Å². The number of hydrogen-bond donors (Lipinski definition) is 0. The van der Waals surface area contributed by atoms with E-state index >= 15 is 0 Å². The van der Waals surface area contributed by atoms with Crippen molar-refractivity contribution >= 4 is 23.7 Å². The van der Waals surface area contributed by atoms with E-state index in [-0.39, 0.29) is 12.7 Å². The molecule has 1 aliphatic heterocycles. The second-order valence-electron chi connectivity index (χ2n) is 9.37. The molecule has 1 aromatic carbocycles. The lowest BCUT2D eigenvalue weighted by Crippen LogP contribution is -2.49. The molecule has 0 bridgehead atoms. The lowest BCUT2D eigenvalue weighted by molar-refractivity contribution is -0.157. The molecule has 0 spiro atoms. The minimum Gasteiger partial charge on any atom is -0.482 e. The molecule has 0 saturated carbocycles. The van der Waals surface area contributed by atoms with Crippen molar-refractivity contribution in [2.24, 2.45) is 0 Å². The topological polar surface area (TPSA) is 68.3 Å². The zero-order chi connectivity index (χ0) is 22.5. The molecule has 1 aromatic rings. The van der Waals surface area contributed by atoms with Crippen LogP contribution in [0.4, 0.5) is 4.79 Å². The van der Waals surface area contributed by atoms with Crippen molar-refractivity contribution in [1.29, 1.82) is 0 Å². The number of ether oxygens (including phenoxy) is 3. The fourth-order valence-electron chi connectivity index (χ4n) is 2.96. The van der Waals surface area contributed by atoms with Gasteiger partial charge in [0.25, 0.3) is 0 Å². The molecule has 30 heavy (non-hydrogen) atoms. The van der Waals surface area contributed by atoms with E-state index in [2.05, 4.69) is 4.90 Å². The van der Waals surface area contributed by atoms with E-state index in [9.17, 15) is 9.59 Å². The first-order chi connectivity index (χ1) is 13.8. The van der Waals surface area contributed by atoms with Crippen LogP contribution >= 0.6 is 11.6 Å². The minimum absolute atomic E-state index is 0.183. The van der Waals surface area contributed by atoms with Crippen molar-refractivity contribution in [3.05, 3.63) is 28.8 Å². The molecule has 2 rings (SSSR count). The Hall–Kier alpha value is -1.99. The van der Waals surface area contributed by atoms with Crippen molar-refractivity contribution in [3.8, 4) is 5.75 Å².